The fraction of sp³-hybridized carbons (Fsp3) is 0.111. The van der Waals surface area contributed by atoms with Crippen LogP contribution < -0.4 is 0 Å². The number of hydrogen-bond donors (Lipinski definition) is 1. The third-order valence-electron chi connectivity index (χ3n) is 1.97. The van der Waals surface area contributed by atoms with Gasteiger partial charge in [0.15, 0.2) is 0 Å². The Bertz CT molecular complexity index is 479. The van der Waals surface area contributed by atoms with Gasteiger partial charge in [-0.15, -0.1) is 12.4 Å². The Hall–Kier alpha value is -1.55. The molecule has 0 atom stereocenters. The van der Waals surface area contributed by atoms with E-state index in [1.54, 1.807) is 36.1 Å². The van der Waals surface area contributed by atoms with Gasteiger partial charge in [-0.05, 0) is 12.1 Å². The van der Waals surface area contributed by atoms with E-state index in [-0.39, 0.29) is 18.0 Å². The van der Waals surface area contributed by atoms with E-state index < -0.39 is 5.97 Å². The Morgan fingerprint density at radius 2 is 2.21 bits per heavy atom. The Morgan fingerprint density at radius 1 is 1.50 bits per heavy atom. The smallest absolute Gasteiger partial charge is 0.337 e. The number of carboxylic acid groups (broad SMARTS) is 1. The first-order valence-electron chi connectivity index (χ1n) is 3.83. The van der Waals surface area contributed by atoms with Gasteiger partial charge in [-0.25, -0.2) is 9.78 Å². The van der Waals surface area contributed by atoms with E-state index in [0.717, 1.165) is 0 Å². The van der Waals surface area contributed by atoms with Crippen molar-refractivity contribution in [1.29, 1.82) is 0 Å². The first kappa shape index (κ1) is 10.5. The molecule has 0 aliphatic carbocycles. The summed E-state index contributed by atoms with van der Waals surface area (Å²) in [7, 11) is 1.78. The average Bonchev–Trinajstić information content (AvgIpc) is 2.48. The van der Waals surface area contributed by atoms with Crippen LogP contribution in [0, 0.1) is 0 Å². The van der Waals surface area contributed by atoms with E-state index >= 15 is 0 Å². The molecule has 1 heterocycles. The summed E-state index contributed by atoms with van der Waals surface area (Å²) in [6.45, 7) is 0. The molecule has 0 saturated carbocycles. The van der Waals surface area contributed by atoms with Gasteiger partial charge in [0.1, 0.15) is 0 Å². The number of carboxylic acids is 1. The van der Waals surface area contributed by atoms with Crippen LogP contribution in [0.2, 0.25) is 0 Å². The quantitative estimate of drug-likeness (QED) is 0.783. The van der Waals surface area contributed by atoms with Crippen LogP contribution in [0.25, 0.3) is 11.0 Å². The molecule has 0 aliphatic heterocycles. The maximum absolute atomic E-state index is 10.8. The van der Waals surface area contributed by atoms with E-state index in [1.165, 1.54) is 0 Å². The predicted octanol–water partition coefficient (Wildman–Crippen LogP) is 1.69. The normalized spacial score (nSPS) is 9.79. The number of nitrogens with zero attached hydrogens (tertiary/aromatic N) is 2. The lowest BCUT2D eigenvalue weighted by Gasteiger charge is -1.98. The Labute approximate surface area is 86.6 Å². The van der Waals surface area contributed by atoms with Crippen molar-refractivity contribution in [3.8, 4) is 0 Å². The predicted molar refractivity (Wildman–Crippen MR) is 54.9 cm³/mol. The highest BCUT2D eigenvalue weighted by molar-refractivity contribution is 6.01. The number of benzene rings is 1. The average molecular weight is 213 g/mol. The van der Waals surface area contributed by atoms with Crippen LogP contribution in [-0.4, -0.2) is 20.6 Å². The van der Waals surface area contributed by atoms with Gasteiger partial charge in [0, 0.05) is 7.05 Å². The number of aryl methyl sites for hydroxylation is 1. The number of carbonyl (C=O) groups is 1. The molecule has 1 aromatic carbocycles. The molecule has 1 N–H and O–H groups in total. The summed E-state index contributed by atoms with van der Waals surface area (Å²) in [4.78, 5) is 14.9. The minimum Gasteiger partial charge on any atom is -0.478 e. The van der Waals surface area contributed by atoms with Crippen LogP contribution in [0.5, 0.6) is 0 Å². The maximum Gasteiger partial charge on any atom is 0.337 e. The molecule has 14 heavy (non-hydrogen) atoms. The topological polar surface area (TPSA) is 55.1 Å². The number of fused-ring (bicyclic) bond motifs is 1. The second-order valence-electron chi connectivity index (χ2n) is 2.83. The molecular weight excluding hydrogens is 204 g/mol. The molecule has 4 nitrogen and oxygen atoms in total. The van der Waals surface area contributed by atoms with Crippen LogP contribution >= 0.6 is 12.4 Å². The van der Waals surface area contributed by atoms with E-state index in [0.29, 0.717) is 11.0 Å². The molecule has 0 amide bonds. The van der Waals surface area contributed by atoms with Gasteiger partial charge in [-0.2, -0.15) is 0 Å². The zero-order chi connectivity index (χ0) is 9.42. The van der Waals surface area contributed by atoms with Crippen molar-refractivity contribution in [3.63, 3.8) is 0 Å². The van der Waals surface area contributed by atoms with Gasteiger partial charge in [0.2, 0.25) is 0 Å². The lowest BCUT2D eigenvalue weighted by atomic mass is 10.2. The van der Waals surface area contributed by atoms with E-state index in [2.05, 4.69) is 4.98 Å². The number of aromatic carboxylic acids is 1. The van der Waals surface area contributed by atoms with Crippen molar-refractivity contribution in [2.24, 2.45) is 7.05 Å². The number of rotatable bonds is 1. The highest BCUT2D eigenvalue weighted by atomic mass is 35.5. The molecule has 0 radical (unpaired) electrons. The number of para-hydroxylation sites is 1. The van der Waals surface area contributed by atoms with Crippen molar-refractivity contribution in [2.45, 2.75) is 0 Å². The number of imidazole rings is 1. The van der Waals surface area contributed by atoms with Crippen LogP contribution in [-0.2, 0) is 7.05 Å². The fourth-order valence-corrected chi connectivity index (χ4v) is 1.39. The summed E-state index contributed by atoms with van der Waals surface area (Å²) in [5.41, 5.74) is 1.66. The number of aromatic nitrogens is 2. The van der Waals surface area contributed by atoms with Gasteiger partial charge >= 0.3 is 5.97 Å². The van der Waals surface area contributed by atoms with Crippen LogP contribution in [0.15, 0.2) is 24.5 Å². The molecule has 74 valence electrons. The summed E-state index contributed by atoms with van der Waals surface area (Å²) in [6.07, 6.45) is 1.61. The van der Waals surface area contributed by atoms with Crippen molar-refractivity contribution in [1.82, 2.24) is 9.55 Å². The van der Waals surface area contributed by atoms with Gasteiger partial charge in [-0.1, -0.05) is 6.07 Å². The van der Waals surface area contributed by atoms with E-state index in [4.69, 9.17) is 5.11 Å². The number of halogens is 1. The lowest BCUT2D eigenvalue weighted by molar-refractivity contribution is 0.0698. The summed E-state index contributed by atoms with van der Waals surface area (Å²) < 4.78 is 1.71. The second kappa shape index (κ2) is 3.67. The van der Waals surface area contributed by atoms with Crippen LogP contribution in [0.3, 0.4) is 0 Å². The van der Waals surface area contributed by atoms with E-state index in [1.807, 2.05) is 0 Å². The minimum atomic E-state index is -0.922. The third kappa shape index (κ3) is 1.44. The highest BCUT2D eigenvalue weighted by Crippen LogP contribution is 2.16. The summed E-state index contributed by atoms with van der Waals surface area (Å²) in [5.74, 6) is -0.922. The lowest BCUT2D eigenvalue weighted by Crippen LogP contribution is -1.99. The fourth-order valence-electron chi connectivity index (χ4n) is 1.39. The van der Waals surface area contributed by atoms with Gasteiger partial charge in [-0.3, -0.25) is 0 Å². The SMILES string of the molecule is Cl.Cn1cnc2cccc(C(=O)O)c21. The molecule has 0 bridgehead atoms. The van der Waals surface area contributed by atoms with Crippen LogP contribution in [0.1, 0.15) is 10.4 Å². The molecule has 0 saturated heterocycles. The van der Waals surface area contributed by atoms with Gasteiger partial charge < -0.3 is 9.67 Å². The van der Waals surface area contributed by atoms with Crippen molar-refractivity contribution >= 4 is 29.4 Å². The van der Waals surface area contributed by atoms with Gasteiger partial charge in [0.05, 0.1) is 22.9 Å². The first-order valence-corrected chi connectivity index (χ1v) is 3.83. The Kier molecular flexibility index (Phi) is 2.76. The largest absolute Gasteiger partial charge is 0.478 e. The molecule has 0 spiro atoms. The summed E-state index contributed by atoms with van der Waals surface area (Å²) in [6, 6.07) is 5.06. The molecule has 5 heteroatoms. The van der Waals surface area contributed by atoms with Gasteiger partial charge in [0.25, 0.3) is 0 Å². The minimum absolute atomic E-state index is 0. The van der Waals surface area contributed by atoms with Crippen LogP contribution in [0.4, 0.5) is 0 Å². The standard InChI is InChI=1S/C9H8N2O2.ClH/c1-11-5-10-7-4-2-3-6(8(7)11)9(12)13;/h2-5H,1H3,(H,12,13);1H. The zero-order valence-electron chi connectivity index (χ0n) is 7.47. The summed E-state index contributed by atoms with van der Waals surface area (Å²) >= 11 is 0. The van der Waals surface area contributed by atoms with Crippen molar-refractivity contribution < 1.29 is 9.90 Å². The van der Waals surface area contributed by atoms with Crippen molar-refractivity contribution in [2.75, 3.05) is 0 Å². The molecular formula is C9H9ClN2O2. The first-order chi connectivity index (χ1) is 6.20. The molecule has 2 rings (SSSR count). The Balaban J connectivity index is 0.000000980. The number of hydrogen-bond acceptors (Lipinski definition) is 2. The molecule has 0 unspecified atom stereocenters. The highest BCUT2D eigenvalue weighted by Gasteiger charge is 2.10. The molecule has 0 fully saturated rings. The third-order valence-corrected chi connectivity index (χ3v) is 1.97. The maximum atomic E-state index is 10.8. The summed E-state index contributed by atoms with van der Waals surface area (Å²) in [5, 5.41) is 8.88. The Morgan fingerprint density at radius 3 is 2.86 bits per heavy atom. The zero-order valence-corrected chi connectivity index (χ0v) is 8.28. The molecule has 0 aliphatic rings. The van der Waals surface area contributed by atoms with E-state index in [9.17, 15) is 4.79 Å². The monoisotopic (exact) mass is 212 g/mol. The second-order valence-corrected chi connectivity index (χ2v) is 2.83. The molecule has 1 aromatic heterocycles. The van der Waals surface area contributed by atoms with Crippen molar-refractivity contribution in [3.05, 3.63) is 30.1 Å². The molecule has 2 aromatic rings.